The van der Waals surface area contributed by atoms with Crippen LogP contribution in [0.4, 0.5) is 5.69 Å². The number of ether oxygens (including phenoxy) is 2. The van der Waals surface area contributed by atoms with Gasteiger partial charge < -0.3 is 19.7 Å². The lowest BCUT2D eigenvalue weighted by Crippen LogP contribution is -1.98. The minimum atomic E-state index is -0.227. The maximum absolute atomic E-state index is 10.1. The van der Waals surface area contributed by atoms with E-state index >= 15 is 0 Å². The minimum absolute atomic E-state index is 0.0151. The van der Waals surface area contributed by atoms with Crippen LogP contribution in [0.1, 0.15) is 30.7 Å². The Morgan fingerprint density at radius 1 is 1.17 bits per heavy atom. The summed E-state index contributed by atoms with van der Waals surface area (Å²) >= 11 is 0. The van der Waals surface area contributed by atoms with Crippen molar-refractivity contribution in [1.82, 2.24) is 4.98 Å². The minimum Gasteiger partial charge on any atom is -0.505 e. The normalized spacial score (nSPS) is 11.0. The first kappa shape index (κ1) is 17.7. The molecule has 1 heterocycles. The Kier molecular flexibility index (Phi) is 6.14. The van der Waals surface area contributed by atoms with Gasteiger partial charge in [-0.05, 0) is 32.9 Å². The maximum Gasteiger partial charge on any atom is 0.163 e. The zero-order chi connectivity index (χ0) is 17.5. The molecular formula is C18H22N2O4. The second-order valence-corrected chi connectivity index (χ2v) is 5.04. The number of aryl methyl sites for hydroxylation is 1. The van der Waals surface area contributed by atoms with Gasteiger partial charge in [-0.25, -0.2) is 0 Å². The largest absolute Gasteiger partial charge is 0.505 e. The van der Waals surface area contributed by atoms with Crippen LogP contribution in [0.3, 0.4) is 0 Å². The highest BCUT2D eigenvalue weighted by molar-refractivity contribution is 5.87. The number of hydrogen-bond donors (Lipinski definition) is 2. The van der Waals surface area contributed by atoms with Gasteiger partial charge in [-0.3, -0.25) is 9.98 Å². The number of hydrogen-bond acceptors (Lipinski definition) is 6. The molecule has 0 spiro atoms. The van der Waals surface area contributed by atoms with E-state index in [4.69, 9.17) is 9.47 Å². The van der Waals surface area contributed by atoms with E-state index in [0.717, 1.165) is 0 Å². The average molecular weight is 330 g/mol. The first-order valence-electron chi connectivity index (χ1n) is 7.82. The monoisotopic (exact) mass is 330 g/mol. The summed E-state index contributed by atoms with van der Waals surface area (Å²) in [6.07, 6.45) is 3.04. The average Bonchev–Trinajstić information content (AvgIpc) is 2.58. The van der Waals surface area contributed by atoms with Crippen molar-refractivity contribution in [3.05, 3.63) is 41.2 Å². The van der Waals surface area contributed by atoms with Gasteiger partial charge in [0.05, 0.1) is 31.2 Å². The van der Waals surface area contributed by atoms with E-state index in [1.807, 2.05) is 13.8 Å². The number of aromatic nitrogens is 1. The summed E-state index contributed by atoms with van der Waals surface area (Å²) < 4.78 is 11.1. The van der Waals surface area contributed by atoms with Crippen LogP contribution in [0, 0.1) is 6.92 Å². The summed E-state index contributed by atoms with van der Waals surface area (Å²) in [5.74, 6) is 1.30. The highest BCUT2D eigenvalue weighted by Crippen LogP contribution is 2.32. The van der Waals surface area contributed by atoms with Crippen molar-refractivity contribution < 1.29 is 19.7 Å². The third-order valence-electron chi connectivity index (χ3n) is 3.40. The molecule has 0 aliphatic rings. The van der Waals surface area contributed by atoms with E-state index in [0.29, 0.717) is 47.2 Å². The van der Waals surface area contributed by atoms with Crippen molar-refractivity contribution in [3.8, 4) is 17.2 Å². The van der Waals surface area contributed by atoms with Gasteiger partial charge in [0.2, 0.25) is 0 Å². The first-order valence-corrected chi connectivity index (χ1v) is 7.82. The first-order chi connectivity index (χ1) is 11.6. The van der Waals surface area contributed by atoms with Crippen LogP contribution in [0.25, 0.3) is 0 Å². The van der Waals surface area contributed by atoms with Crippen LogP contribution < -0.4 is 9.47 Å². The quantitative estimate of drug-likeness (QED) is 0.762. The van der Waals surface area contributed by atoms with Crippen LogP contribution >= 0.6 is 0 Å². The van der Waals surface area contributed by atoms with E-state index in [9.17, 15) is 10.2 Å². The third kappa shape index (κ3) is 4.02. The van der Waals surface area contributed by atoms with Crippen molar-refractivity contribution in [2.24, 2.45) is 4.99 Å². The number of aliphatic imine (C=N–C) groups is 1. The van der Waals surface area contributed by atoms with Crippen molar-refractivity contribution in [2.45, 2.75) is 27.4 Å². The van der Waals surface area contributed by atoms with E-state index in [1.54, 1.807) is 25.1 Å². The fourth-order valence-corrected chi connectivity index (χ4v) is 2.18. The summed E-state index contributed by atoms with van der Waals surface area (Å²) in [5, 5.41) is 19.5. The molecule has 0 bridgehead atoms. The molecule has 128 valence electrons. The number of aromatic hydroxyl groups is 1. The zero-order valence-corrected chi connectivity index (χ0v) is 14.1. The van der Waals surface area contributed by atoms with Crippen molar-refractivity contribution in [1.29, 1.82) is 0 Å². The summed E-state index contributed by atoms with van der Waals surface area (Å²) in [7, 11) is 0. The number of benzene rings is 1. The Labute approximate surface area is 141 Å². The summed E-state index contributed by atoms with van der Waals surface area (Å²) in [4.78, 5) is 8.40. The van der Waals surface area contributed by atoms with Crippen LogP contribution in [0.5, 0.6) is 17.2 Å². The molecule has 0 amide bonds. The molecular weight excluding hydrogens is 308 g/mol. The predicted molar refractivity (Wildman–Crippen MR) is 92.6 cm³/mol. The van der Waals surface area contributed by atoms with Gasteiger partial charge in [-0.2, -0.15) is 0 Å². The van der Waals surface area contributed by atoms with Gasteiger partial charge >= 0.3 is 0 Å². The number of nitrogens with zero attached hydrogens (tertiary/aromatic N) is 2. The second kappa shape index (κ2) is 8.31. The maximum atomic E-state index is 10.1. The molecule has 0 radical (unpaired) electrons. The molecule has 1 aromatic heterocycles. The van der Waals surface area contributed by atoms with Gasteiger partial charge in [0.25, 0.3) is 0 Å². The van der Waals surface area contributed by atoms with Crippen molar-refractivity contribution in [3.63, 3.8) is 0 Å². The number of aliphatic hydroxyl groups excluding tert-OH is 1. The Hall–Kier alpha value is -2.60. The standard InChI is InChI=1S/C18H22N2O4/c1-4-23-16-7-6-14(8-17(16)24-5-2)20-10-15-13(11-21)9-19-12(3)18(15)22/h6-10,21-22H,4-5,11H2,1-3H3. The molecule has 0 aliphatic carbocycles. The molecule has 1 aromatic carbocycles. The van der Waals surface area contributed by atoms with Gasteiger partial charge in [0.15, 0.2) is 11.5 Å². The smallest absolute Gasteiger partial charge is 0.163 e. The zero-order valence-electron chi connectivity index (χ0n) is 14.1. The molecule has 2 rings (SSSR count). The van der Waals surface area contributed by atoms with Crippen molar-refractivity contribution >= 4 is 11.9 Å². The Balaban J connectivity index is 2.36. The number of rotatable bonds is 7. The summed E-state index contributed by atoms with van der Waals surface area (Å²) in [6, 6.07) is 5.37. The number of aliphatic hydroxyl groups is 1. The molecule has 6 heteroatoms. The molecule has 0 saturated carbocycles. The summed E-state index contributed by atoms with van der Waals surface area (Å²) in [6.45, 7) is 6.34. The lowest BCUT2D eigenvalue weighted by Gasteiger charge is -2.11. The molecule has 0 unspecified atom stereocenters. The van der Waals surface area contributed by atoms with E-state index in [-0.39, 0.29) is 12.4 Å². The number of pyridine rings is 1. The highest BCUT2D eigenvalue weighted by atomic mass is 16.5. The third-order valence-corrected chi connectivity index (χ3v) is 3.40. The van der Waals surface area contributed by atoms with Crippen LogP contribution in [-0.4, -0.2) is 34.6 Å². The fraction of sp³-hybridized carbons (Fsp3) is 0.333. The van der Waals surface area contributed by atoms with Gasteiger partial charge in [-0.1, -0.05) is 0 Å². The molecule has 0 atom stereocenters. The second-order valence-electron chi connectivity index (χ2n) is 5.04. The van der Waals surface area contributed by atoms with Gasteiger partial charge in [-0.15, -0.1) is 0 Å². The molecule has 2 N–H and O–H groups in total. The Bertz CT molecular complexity index is 729. The SMILES string of the molecule is CCOc1ccc(N=Cc2c(CO)cnc(C)c2O)cc1OCC. The van der Waals surface area contributed by atoms with Crippen LogP contribution in [-0.2, 0) is 6.61 Å². The topological polar surface area (TPSA) is 84.2 Å². The summed E-state index contributed by atoms with van der Waals surface area (Å²) in [5.41, 5.74) is 2.10. The molecule has 0 saturated heterocycles. The highest BCUT2D eigenvalue weighted by Gasteiger charge is 2.10. The lowest BCUT2D eigenvalue weighted by molar-refractivity contribution is 0.280. The molecule has 2 aromatic rings. The molecule has 6 nitrogen and oxygen atoms in total. The van der Waals surface area contributed by atoms with E-state index in [1.165, 1.54) is 12.4 Å². The fourth-order valence-electron chi connectivity index (χ4n) is 2.18. The van der Waals surface area contributed by atoms with Crippen LogP contribution in [0.15, 0.2) is 29.4 Å². The lowest BCUT2D eigenvalue weighted by atomic mass is 10.1. The predicted octanol–water partition coefficient (Wildman–Crippen LogP) is 3.14. The van der Waals surface area contributed by atoms with Crippen LogP contribution in [0.2, 0.25) is 0 Å². The molecule has 0 aliphatic heterocycles. The Morgan fingerprint density at radius 3 is 2.54 bits per heavy atom. The van der Waals surface area contributed by atoms with Crippen molar-refractivity contribution in [2.75, 3.05) is 13.2 Å². The molecule has 0 fully saturated rings. The van der Waals surface area contributed by atoms with Gasteiger partial charge in [0, 0.05) is 29.6 Å². The molecule has 24 heavy (non-hydrogen) atoms. The van der Waals surface area contributed by atoms with E-state index in [2.05, 4.69) is 9.98 Å². The Morgan fingerprint density at radius 2 is 1.88 bits per heavy atom. The van der Waals surface area contributed by atoms with E-state index < -0.39 is 0 Å². The van der Waals surface area contributed by atoms with Gasteiger partial charge in [0.1, 0.15) is 5.75 Å².